The van der Waals surface area contributed by atoms with E-state index in [1.165, 1.54) is 10.5 Å². The second-order valence-corrected chi connectivity index (χ2v) is 5.63. The smallest absolute Gasteiger partial charge is 0.238 e. The van der Waals surface area contributed by atoms with Crippen LogP contribution in [0.15, 0.2) is 35.9 Å². The monoisotopic (exact) mass is 275 g/mol. The van der Waals surface area contributed by atoms with Crippen molar-refractivity contribution >= 4 is 29.1 Å². The molecule has 1 aromatic rings. The van der Waals surface area contributed by atoms with Gasteiger partial charge >= 0.3 is 0 Å². The van der Waals surface area contributed by atoms with Crippen molar-refractivity contribution in [2.75, 3.05) is 4.90 Å². The first-order chi connectivity index (χ1) is 9.08. The Kier molecular flexibility index (Phi) is 2.94. The van der Waals surface area contributed by atoms with Crippen molar-refractivity contribution < 1.29 is 9.59 Å². The lowest BCUT2D eigenvalue weighted by molar-refractivity contribution is -0.122. The second-order valence-electron chi connectivity index (χ2n) is 5.20. The molecule has 0 saturated carbocycles. The Bertz CT molecular complexity index is 594. The second kappa shape index (κ2) is 4.49. The van der Waals surface area contributed by atoms with Gasteiger partial charge in [0.15, 0.2) is 0 Å². The lowest BCUT2D eigenvalue weighted by atomic mass is 9.82. The molecular weight excluding hydrogens is 262 g/mol. The maximum atomic E-state index is 12.4. The lowest BCUT2D eigenvalue weighted by Crippen LogP contribution is -2.30. The minimum atomic E-state index is -0.199. The van der Waals surface area contributed by atoms with Crippen LogP contribution in [0.4, 0.5) is 5.69 Å². The summed E-state index contributed by atoms with van der Waals surface area (Å²) in [6.07, 6.45) is 3.41. The molecule has 3 rings (SSSR count). The normalized spacial score (nSPS) is 26.4. The number of benzene rings is 1. The summed E-state index contributed by atoms with van der Waals surface area (Å²) in [6.45, 7) is 2.01. The minimum absolute atomic E-state index is 0.0929. The largest absolute Gasteiger partial charge is 0.274 e. The number of rotatable bonds is 1. The lowest BCUT2D eigenvalue weighted by Gasteiger charge is -2.18. The molecule has 2 amide bonds. The van der Waals surface area contributed by atoms with Gasteiger partial charge in [0.05, 0.1) is 17.5 Å². The summed E-state index contributed by atoms with van der Waals surface area (Å²) in [4.78, 5) is 26.1. The fourth-order valence-corrected chi connectivity index (χ4v) is 3.09. The van der Waals surface area contributed by atoms with Crippen molar-refractivity contribution in [1.82, 2.24) is 0 Å². The highest BCUT2D eigenvalue weighted by atomic mass is 35.5. The number of hydrogen-bond donors (Lipinski definition) is 0. The van der Waals surface area contributed by atoms with Gasteiger partial charge in [-0.2, -0.15) is 0 Å². The van der Waals surface area contributed by atoms with Gasteiger partial charge in [0.2, 0.25) is 11.8 Å². The van der Waals surface area contributed by atoms with Crippen LogP contribution in [-0.2, 0) is 9.59 Å². The summed E-state index contributed by atoms with van der Waals surface area (Å²) in [5.41, 5.74) is 1.77. The Hall–Kier alpha value is -1.61. The van der Waals surface area contributed by atoms with Gasteiger partial charge in [-0.05, 0) is 38.0 Å². The number of imide groups is 1. The molecule has 1 heterocycles. The number of carbonyl (C=O) groups is 2. The van der Waals surface area contributed by atoms with Crippen LogP contribution >= 0.6 is 11.6 Å². The van der Waals surface area contributed by atoms with E-state index >= 15 is 0 Å². The standard InChI is InChI=1S/C15H14ClNO2/c1-9-5-6-12-13(7-9)15(19)17(14(12)18)11-4-2-3-10(16)8-11/h2-5,8,12-13H,6-7H2,1H3/t12-,13+/m0/s1. The molecule has 0 aromatic heterocycles. The molecule has 0 spiro atoms. The van der Waals surface area contributed by atoms with Gasteiger partial charge in [-0.3, -0.25) is 9.59 Å². The average Bonchev–Trinajstić information content (AvgIpc) is 2.61. The zero-order valence-corrected chi connectivity index (χ0v) is 11.4. The average molecular weight is 276 g/mol. The van der Waals surface area contributed by atoms with Crippen LogP contribution in [0.5, 0.6) is 0 Å². The molecule has 1 aromatic carbocycles. The molecule has 0 N–H and O–H groups in total. The van der Waals surface area contributed by atoms with Crippen molar-refractivity contribution in [3.63, 3.8) is 0 Å². The highest BCUT2D eigenvalue weighted by Crippen LogP contribution is 2.39. The fraction of sp³-hybridized carbons (Fsp3) is 0.333. The first-order valence-corrected chi connectivity index (χ1v) is 6.75. The van der Waals surface area contributed by atoms with Gasteiger partial charge in [0.1, 0.15) is 0 Å². The molecule has 0 unspecified atom stereocenters. The van der Waals surface area contributed by atoms with Crippen molar-refractivity contribution in [3.05, 3.63) is 40.9 Å². The van der Waals surface area contributed by atoms with Crippen molar-refractivity contribution in [3.8, 4) is 0 Å². The minimum Gasteiger partial charge on any atom is -0.274 e. The molecule has 1 aliphatic heterocycles. The number of anilines is 1. The van der Waals surface area contributed by atoms with E-state index < -0.39 is 0 Å². The molecule has 2 atom stereocenters. The molecule has 1 fully saturated rings. The summed E-state index contributed by atoms with van der Waals surface area (Å²) in [5, 5.41) is 0.530. The van der Waals surface area contributed by atoms with Crippen LogP contribution in [0.25, 0.3) is 0 Å². The molecule has 0 bridgehead atoms. The number of fused-ring (bicyclic) bond motifs is 1. The van der Waals surface area contributed by atoms with E-state index in [0.29, 0.717) is 23.6 Å². The van der Waals surface area contributed by atoms with E-state index in [-0.39, 0.29) is 23.7 Å². The highest BCUT2D eigenvalue weighted by molar-refractivity contribution is 6.31. The van der Waals surface area contributed by atoms with Crippen molar-refractivity contribution in [2.24, 2.45) is 11.8 Å². The first kappa shape index (κ1) is 12.4. The van der Waals surface area contributed by atoms with Crippen molar-refractivity contribution in [1.29, 1.82) is 0 Å². The molecule has 98 valence electrons. The Morgan fingerprint density at radius 2 is 1.95 bits per heavy atom. The molecule has 0 radical (unpaired) electrons. The molecule has 1 aliphatic carbocycles. The first-order valence-electron chi connectivity index (χ1n) is 6.37. The van der Waals surface area contributed by atoms with Crippen molar-refractivity contribution in [2.45, 2.75) is 19.8 Å². The number of nitrogens with zero attached hydrogens (tertiary/aromatic N) is 1. The van der Waals surface area contributed by atoms with Crippen LogP contribution in [0.3, 0.4) is 0 Å². The molecule has 2 aliphatic rings. The number of hydrogen-bond acceptors (Lipinski definition) is 2. The number of halogens is 1. The SMILES string of the molecule is CC1=CC[C@@H]2C(=O)N(c3cccc(Cl)c3)C(=O)[C@@H]2C1. The predicted molar refractivity (Wildman–Crippen MR) is 73.9 cm³/mol. The summed E-state index contributed by atoms with van der Waals surface area (Å²) in [7, 11) is 0. The summed E-state index contributed by atoms with van der Waals surface area (Å²) in [5.74, 6) is -0.586. The number of amides is 2. The van der Waals surface area contributed by atoms with E-state index in [2.05, 4.69) is 6.08 Å². The highest BCUT2D eigenvalue weighted by Gasteiger charge is 2.48. The maximum absolute atomic E-state index is 12.4. The molecule has 3 nitrogen and oxygen atoms in total. The number of allylic oxidation sites excluding steroid dienone is 2. The summed E-state index contributed by atoms with van der Waals surface area (Å²) < 4.78 is 0. The quantitative estimate of drug-likeness (QED) is 0.583. The van der Waals surface area contributed by atoms with Gasteiger partial charge in [0.25, 0.3) is 0 Å². The molecular formula is C15H14ClNO2. The Morgan fingerprint density at radius 1 is 1.21 bits per heavy atom. The van der Waals surface area contributed by atoms with Crippen LogP contribution in [0.2, 0.25) is 5.02 Å². The zero-order chi connectivity index (χ0) is 13.6. The van der Waals surface area contributed by atoms with E-state index in [1.807, 2.05) is 6.92 Å². The summed E-state index contributed by atoms with van der Waals surface area (Å²) >= 11 is 5.94. The fourth-order valence-electron chi connectivity index (χ4n) is 2.91. The Morgan fingerprint density at radius 3 is 2.68 bits per heavy atom. The maximum Gasteiger partial charge on any atom is 0.238 e. The van der Waals surface area contributed by atoms with Gasteiger partial charge in [-0.1, -0.05) is 29.3 Å². The van der Waals surface area contributed by atoms with Crippen LogP contribution in [0.1, 0.15) is 19.8 Å². The molecule has 1 saturated heterocycles. The number of carbonyl (C=O) groups excluding carboxylic acids is 2. The Balaban J connectivity index is 1.97. The van der Waals surface area contributed by atoms with Crippen LogP contribution in [-0.4, -0.2) is 11.8 Å². The van der Waals surface area contributed by atoms with Crippen LogP contribution in [0, 0.1) is 11.8 Å². The van der Waals surface area contributed by atoms with E-state index in [1.54, 1.807) is 24.3 Å². The van der Waals surface area contributed by atoms with Crippen LogP contribution < -0.4 is 4.90 Å². The van der Waals surface area contributed by atoms with Gasteiger partial charge in [-0.15, -0.1) is 0 Å². The van der Waals surface area contributed by atoms with E-state index in [9.17, 15) is 9.59 Å². The van der Waals surface area contributed by atoms with E-state index in [4.69, 9.17) is 11.6 Å². The Labute approximate surface area is 116 Å². The van der Waals surface area contributed by atoms with Gasteiger partial charge < -0.3 is 0 Å². The predicted octanol–water partition coefficient (Wildman–Crippen LogP) is 3.19. The third-order valence-corrected chi connectivity index (χ3v) is 4.12. The molecule has 4 heteroatoms. The molecule has 19 heavy (non-hydrogen) atoms. The zero-order valence-electron chi connectivity index (χ0n) is 10.6. The van der Waals surface area contributed by atoms with Gasteiger partial charge in [-0.25, -0.2) is 4.90 Å². The van der Waals surface area contributed by atoms with E-state index in [0.717, 1.165) is 0 Å². The third-order valence-electron chi connectivity index (χ3n) is 3.89. The third kappa shape index (κ3) is 1.98. The topological polar surface area (TPSA) is 37.4 Å². The van der Waals surface area contributed by atoms with Gasteiger partial charge in [0, 0.05) is 5.02 Å². The summed E-state index contributed by atoms with van der Waals surface area (Å²) in [6, 6.07) is 6.90.